The molecule has 5 aliphatic rings. The zero-order valence-corrected chi connectivity index (χ0v) is 20.1. The van der Waals surface area contributed by atoms with Crippen molar-refractivity contribution in [3.05, 3.63) is 29.8 Å². The number of hydrogen-bond acceptors (Lipinski definition) is 3. The molecule has 0 aromatic heterocycles. The van der Waals surface area contributed by atoms with Crippen molar-refractivity contribution in [1.29, 1.82) is 0 Å². The van der Waals surface area contributed by atoms with Crippen LogP contribution >= 0.6 is 11.8 Å². The van der Waals surface area contributed by atoms with E-state index in [-0.39, 0.29) is 17.5 Å². The van der Waals surface area contributed by atoms with Crippen molar-refractivity contribution in [2.24, 2.45) is 22.7 Å². The molecule has 168 valence electrons. The lowest BCUT2D eigenvalue weighted by Crippen LogP contribution is -2.50. The average molecular weight is 440 g/mol. The second-order valence-electron chi connectivity index (χ2n) is 10.8. The number of aliphatic imine (C=N–C) groups is 1. The van der Waals surface area contributed by atoms with E-state index in [2.05, 4.69) is 43.1 Å². The van der Waals surface area contributed by atoms with Gasteiger partial charge in [0.05, 0.1) is 5.54 Å². The number of carbonyl (C=O) groups is 1. The number of nitrogens with one attached hydrogen (secondary N) is 1. The molecule has 1 aromatic rings. The highest BCUT2D eigenvalue weighted by molar-refractivity contribution is 8.14. The van der Waals surface area contributed by atoms with Crippen LogP contribution in [-0.2, 0) is 11.2 Å². The number of nitrogens with zero attached hydrogens (tertiary/aromatic N) is 2. The Bertz CT molecular complexity index is 811. The van der Waals surface area contributed by atoms with E-state index >= 15 is 0 Å². The summed E-state index contributed by atoms with van der Waals surface area (Å²) in [7, 11) is 0. The molecule has 0 radical (unpaired) electrons. The van der Waals surface area contributed by atoms with E-state index in [9.17, 15) is 4.79 Å². The van der Waals surface area contributed by atoms with Gasteiger partial charge < -0.3 is 10.2 Å². The molecular weight excluding hydrogens is 402 g/mol. The minimum Gasteiger partial charge on any atom is -0.345 e. The number of benzene rings is 1. The molecule has 6 rings (SSSR count). The third kappa shape index (κ3) is 4.40. The van der Waals surface area contributed by atoms with E-state index in [1.807, 2.05) is 23.9 Å². The summed E-state index contributed by atoms with van der Waals surface area (Å²) in [6, 6.07) is 8.81. The van der Waals surface area contributed by atoms with Crippen molar-refractivity contribution in [2.75, 3.05) is 11.1 Å². The van der Waals surface area contributed by atoms with Crippen LogP contribution in [0.4, 0.5) is 5.69 Å². The lowest BCUT2D eigenvalue weighted by atomic mass is 9.53. The Morgan fingerprint density at radius 1 is 1.13 bits per heavy atom. The van der Waals surface area contributed by atoms with Crippen LogP contribution in [0.1, 0.15) is 71.3 Å². The van der Waals surface area contributed by atoms with E-state index in [0.717, 1.165) is 35.6 Å². The molecule has 1 aliphatic heterocycles. The zero-order valence-electron chi connectivity index (χ0n) is 19.3. The summed E-state index contributed by atoms with van der Waals surface area (Å²) in [6.07, 6.45) is 9.80. The standard InChI is InChI=1S/C26H37N3OS/c1-4-18-5-7-22(8-6-18)27-24(30)12-23-16-31-25(29(23)17(2)3)28-26-13-19-9-20(14-26)11-21(10-19)15-26/h5-8,17,19-21,23H,4,9-16H2,1-3H3,(H,27,30). The topological polar surface area (TPSA) is 44.7 Å². The SMILES string of the molecule is CCc1ccc(NC(=O)CC2CSC(=NC34CC5CC(CC(C5)C3)C4)N2C(C)C)cc1. The van der Waals surface area contributed by atoms with Gasteiger partial charge in [0.1, 0.15) is 0 Å². The Balaban J connectivity index is 1.27. The first kappa shape index (κ1) is 21.4. The van der Waals surface area contributed by atoms with Gasteiger partial charge in [-0.1, -0.05) is 30.8 Å². The molecule has 1 saturated heterocycles. The number of anilines is 1. The third-order valence-corrected chi connectivity index (χ3v) is 9.09. The van der Waals surface area contributed by atoms with Gasteiger partial charge in [-0.3, -0.25) is 9.79 Å². The van der Waals surface area contributed by atoms with Crippen LogP contribution in [0.5, 0.6) is 0 Å². The van der Waals surface area contributed by atoms with Crippen LogP contribution < -0.4 is 5.32 Å². The van der Waals surface area contributed by atoms with Gasteiger partial charge in [0.2, 0.25) is 5.91 Å². The predicted octanol–water partition coefficient (Wildman–Crippen LogP) is 5.73. The minimum atomic E-state index is 0.108. The normalized spacial score (nSPS) is 35.4. The van der Waals surface area contributed by atoms with Crippen LogP contribution in [0.2, 0.25) is 0 Å². The summed E-state index contributed by atoms with van der Waals surface area (Å²) in [6.45, 7) is 6.64. The second-order valence-corrected chi connectivity index (χ2v) is 11.8. The molecule has 4 bridgehead atoms. The number of amides is 1. The van der Waals surface area contributed by atoms with Gasteiger partial charge in [0.15, 0.2) is 5.17 Å². The highest BCUT2D eigenvalue weighted by atomic mass is 32.2. The maximum Gasteiger partial charge on any atom is 0.226 e. The molecule has 1 unspecified atom stereocenters. The fourth-order valence-electron chi connectivity index (χ4n) is 7.03. The summed E-state index contributed by atoms with van der Waals surface area (Å²) in [5.74, 6) is 3.81. The first-order valence-corrected chi connectivity index (χ1v) is 13.3. The monoisotopic (exact) mass is 439 g/mol. The molecule has 4 nitrogen and oxygen atoms in total. The molecule has 1 heterocycles. The molecule has 5 fully saturated rings. The summed E-state index contributed by atoms with van der Waals surface area (Å²) in [5, 5.41) is 4.32. The summed E-state index contributed by atoms with van der Waals surface area (Å²) >= 11 is 1.88. The first-order valence-electron chi connectivity index (χ1n) is 12.3. The maximum absolute atomic E-state index is 12.8. The summed E-state index contributed by atoms with van der Waals surface area (Å²) in [4.78, 5) is 20.8. The molecule has 1 amide bonds. The highest BCUT2D eigenvalue weighted by Gasteiger charge is 2.51. The highest BCUT2D eigenvalue weighted by Crippen LogP contribution is 2.57. The number of carbonyl (C=O) groups excluding carboxylic acids is 1. The van der Waals surface area contributed by atoms with E-state index < -0.39 is 0 Å². The van der Waals surface area contributed by atoms with Gasteiger partial charge in [-0.2, -0.15) is 0 Å². The number of hydrogen-bond donors (Lipinski definition) is 1. The maximum atomic E-state index is 12.8. The van der Waals surface area contributed by atoms with Crippen molar-refractivity contribution in [2.45, 2.75) is 89.8 Å². The molecule has 5 heteroatoms. The lowest BCUT2D eigenvalue weighted by Gasteiger charge is -2.55. The fraction of sp³-hybridized carbons (Fsp3) is 0.692. The Morgan fingerprint density at radius 2 is 1.74 bits per heavy atom. The van der Waals surface area contributed by atoms with E-state index in [4.69, 9.17) is 4.99 Å². The van der Waals surface area contributed by atoms with Crippen molar-refractivity contribution < 1.29 is 4.79 Å². The van der Waals surface area contributed by atoms with Crippen LogP contribution in [0.25, 0.3) is 0 Å². The largest absolute Gasteiger partial charge is 0.345 e. The smallest absolute Gasteiger partial charge is 0.226 e. The van der Waals surface area contributed by atoms with Gasteiger partial charge in [0.25, 0.3) is 0 Å². The Kier molecular flexibility index (Phi) is 5.83. The lowest BCUT2D eigenvalue weighted by molar-refractivity contribution is -0.117. The second kappa shape index (κ2) is 8.46. The van der Waals surface area contributed by atoms with Crippen LogP contribution in [0, 0.1) is 17.8 Å². The van der Waals surface area contributed by atoms with Crippen LogP contribution in [0.3, 0.4) is 0 Å². The quantitative estimate of drug-likeness (QED) is 0.616. The molecular formula is C26H37N3OS. The third-order valence-electron chi connectivity index (χ3n) is 7.98. The minimum absolute atomic E-state index is 0.108. The van der Waals surface area contributed by atoms with Gasteiger partial charge in [-0.05, 0) is 94.2 Å². The zero-order chi connectivity index (χ0) is 21.6. The van der Waals surface area contributed by atoms with E-state index in [1.54, 1.807) is 0 Å². The predicted molar refractivity (Wildman–Crippen MR) is 131 cm³/mol. The Morgan fingerprint density at radius 3 is 2.29 bits per heavy atom. The Labute approximate surface area is 191 Å². The van der Waals surface area contributed by atoms with Gasteiger partial charge in [0, 0.05) is 29.9 Å². The van der Waals surface area contributed by atoms with E-state index in [0.29, 0.717) is 12.5 Å². The Hall–Kier alpha value is -1.49. The van der Waals surface area contributed by atoms with Gasteiger partial charge in [-0.25, -0.2) is 0 Å². The van der Waals surface area contributed by atoms with Gasteiger partial charge >= 0.3 is 0 Å². The summed E-state index contributed by atoms with van der Waals surface area (Å²) < 4.78 is 0. The van der Waals surface area contributed by atoms with Gasteiger partial charge in [-0.15, -0.1) is 0 Å². The van der Waals surface area contributed by atoms with Crippen molar-refractivity contribution in [3.8, 4) is 0 Å². The van der Waals surface area contributed by atoms with Crippen molar-refractivity contribution in [3.63, 3.8) is 0 Å². The molecule has 1 atom stereocenters. The average Bonchev–Trinajstić information content (AvgIpc) is 3.08. The van der Waals surface area contributed by atoms with Crippen molar-refractivity contribution >= 4 is 28.5 Å². The molecule has 0 spiro atoms. The molecule has 4 saturated carbocycles. The first-order chi connectivity index (χ1) is 14.9. The molecule has 4 aliphatic carbocycles. The number of thioether (sulfide) groups is 1. The fourth-order valence-corrected chi connectivity index (χ4v) is 8.41. The molecule has 31 heavy (non-hydrogen) atoms. The van der Waals surface area contributed by atoms with Crippen LogP contribution in [0.15, 0.2) is 29.3 Å². The van der Waals surface area contributed by atoms with Crippen LogP contribution in [-0.4, -0.2) is 39.4 Å². The molecule has 1 aromatic carbocycles. The molecule has 1 N–H and O–H groups in total. The summed E-state index contributed by atoms with van der Waals surface area (Å²) in [5.41, 5.74) is 2.38. The van der Waals surface area contributed by atoms with E-state index in [1.165, 1.54) is 49.3 Å². The van der Waals surface area contributed by atoms with Crippen molar-refractivity contribution in [1.82, 2.24) is 4.90 Å². The number of aryl methyl sites for hydroxylation is 1. The number of rotatable bonds is 6. The number of amidine groups is 1.